The molecular weight excluding hydrogens is 466 g/mol. The van der Waals surface area contributed by atoms with E-state index in [1.165, 1.54) is 0 Å². The van der Waals surface area contributed by atoms with Crippen molar-refractivity contribution in [1.82, 2.24) is 15.2 Å². The highest BCUT2D eigenvalue weighted by Gasteiger charge is 2.62. The van der Waals surface area contributed by atoms with Crippen LogP contribution in [0.3, 0.4) is 0 Å². The number of aliphatic hydroxyl groups excluding tert-OH is 2. The Morgan fingerprint density at radius 2 is 2.12 bits per heavy atom. The van der Waals surface area contributed by atoms with E-state index in [1.807, 2.05) is 6.08 Å². The van der Waals surface area contributed by atoms with Crippen LogP contribution in [-0.4, -0.2) is 63.3 Å². The molecule has 0 aromatic carbocycles. The van der Waals surface area contributed by atoms with Crippen LogP contribution in [-0.2, 0) is 6.42 Å². The predicted octanol–water partition coefficient (Wildman–Crippen LogP) is 1.29. The summed E-state index contributed by atoms with van der Waals surface area (Å²) in [5.74, 6) is 0.0351. The highest BCUT2D eigenvalue weighted by molar-refractivity contribution is 9.11. The summed E-state index contributed by atoms with van der Waals surface area (Å²) >= 11 is 7.11. The van der Waals surface area contributed by atoms with Gasteiger partial charge in [0.25, 0.3) is 0 Å². The number of hydrogen-bond acceptors (Lipinski definition) is 5. The van der Waals surface area contributed by atoms with Crippen LogP contribution in [0.1, 0.15) is 28.0 Å². The minimum Gasteiger partial charge on any atom is -0.390 e. The molecule has 6 nitrogen and oxygen atoms in total. The second-order valence-corrected chi connectivity index (χ2v) is 9.53. The zero-order chi connectivity index (χ0) is 18.0. The fourth-order valence-electron chi connectivity index (χ4n) is 5.77. The third-order valence-electron chi connectivity index (χ3n) is 6.83. The van der Waals surface area contributed by atoms with Gasteiger partial charge in [0.15, 0.2) is 0 Å². The Bertz CT molecular complexity index is 952. The first-order valence-corrected chi connectivity index (χ1v) is 10.5. The third kappa shape index (κ3) is 1.59. The number of Topliss-reactive ketones (excluding diaryl/α,β-unsaturated/α-hetero) is 1. The van der Waals surface area contributed by atoms with Crippen LogP contribution in [0.5, 0.6) is 0 Å². The van der Waals surface area contributed by atoms with Gasteiger partial charge in [-0.15, -0.1) is 0 Å². The smallest absolute Gasteiger partial charge is 0.200 e. The van der Waals surface area contributed by atoms with Gasteiger partial charge in [0, 0.05) is 27.7 Å². The van der Waals surface area contributed by atoms with Gasteiger partial charge in [-0.05, 0) is 46.5 Å². The minimum absolute atomic E-state index is 0.0351. The van der Waals surface area contributed by atoms with Gasteiger partial charge in [-0.25, -0.2) is 0 Å². The van der Waals surface area contributed by atoms with Gasteiger partial charge in [0.05, 0.1) is 28.5 Å². The molecule has 4 N–H and O–H groups in total. The monoisotopic (exact) mass is 481 g/mol. The molecule has 0 saturated carbocycles. The molecule has 1 aromatic rings. The number of H-pyrrole nitrogens is 1. The van der Waals surface area contributed by atoms with Crippen molar-refractivity contribution < 1.29 is 15.0 Å². The molecule has 0 unspecified atom stereocenters. The van der Waals surface area contributed by atoms with Crippen LogP contribution in [0, 0.1) is 5.41 Å². The zero-order valence-electron chi connectivity index (χ0n) is 13.7. The maximum Gasteiger partial charge on any atom is 0.200 e. The van der Waals surface area contributed by atoms with Crippen molar-refractivity contribution in [3.63, 3.8) is 0 Å². The largest absolute Gasteiger partial charge is 0.390 e. The second kappa shape index (κ2) is 4.91. The maximum atomic E-state index is 13.3. The number of aromatic nitrogens is 1. The SMILES string of the molecule is O=C1c2[nH]c(Br)c3c2C2=C4[C@@H]1NCC[C@]41C=C(Br)[C@@H](O)[C@@H]([C@H]1O)N2CC3. The number of piperidine rings is 1. The van der Waals surface area contributed by atoms with E-state index in [4.69, 9.17) is 0 Å². The summed E-state index contributed by atoms with van der Waals surface area (Å²) in [6, 6.07) is -0.845. The predicted molar refractivity (Wildman–Crippen MR) is 102 cm³/mol. The number of rotatable bonds is 0. The lowest BCUT2D eigenvalue weighted by molar-refractivity contribution is -0.0625. The fourth-order valence-corrected chi connectivity index (χ4v) is 7.05. The Morgan fingerprint density at radius 1 is 1.31 bits per heavy atom. The van der Waals surface area contributed by atoms with Crippen molar-refractivity contribution in [2.75, 3.05) is 13.1 Å². The van der Waals surface area contributed by atoms with E-state index in [9.17, 15) is 15.0 Å². The molecule has 6 rings (SSSR count). The van der Waals surface area contributed by atoms with Crippen molar-refractivity contribution >= 4 is 43.3 Å². The first kappa shape index (κ1) is 16.1. The average Bonchev–Trinajstić information content (AvgIpc) is 2.96. The normalized spacial score (nSPS) is 39.8. The van der Waals surface area contributed by atoms with Crippen LogP contribution >= 0.6 is 31.9 Å². The number of aromatic amines is 1. The first-order chi connectivity index (χ1) is 12.5. The maximum absolute atomic E-state index is 13.3. The van der Waals surface area contributed by atoms with E-state index < -0.39 is 29.7 Å². The van der Waals surface area contributed by atoms with E-state index in [2.05, 4.69) is 47.1 Å². The molecule has 26 heavy (non-hydrogen) atoms. The lowest BCUT2D eigenvalue weighted by Crippen LogP contribution is -2.69. The molecule has 5 aliphatic rings. The van der Waals surface area contributed by atoms with Crippen molar-refractivity contribution in [2.45, 2.75) is 37.1 Å². The summed E-state index contributed by atoms with van der Waals surface area (Å²) in [5.41, 5.74) is 4.11. The van der Waals surface area contributed by atoms with Gasteiger partial charge in [-0.3, -0.25) is 4.79 Å². The number of carbonyl (C=O) groups excluding carboxylic acids is 1. The number of fused-ring (bicyclic) bond motifs is 2. The number of ketones is 1. The van der Waals surface area contributed by atoms with Crippen LogP contribution in [0.4, 0.5) is 0 Å². The lowest BCUT2D eigenvalue weighted by atomic mass is 9.57. The summed E-state index contributed by atoms with van der Waals surface area (Å²) < 4.78 is 1.57. The van der Waals surface area contributed by atoms with Gasteiger partial charge in [0.1, 0.15) is 6.10 Å². The Morgan fingerprint density at radius 3 is 2.92 bits per heavy atom. The molecule has 1 saturated heterocycles. The molecule has 2 aliphatic carbocycles. The summed E-state index contributed by atoms with van der Waals surface area (Å²) in [7, 11) is 0. The minimum atomic E-state index is -0.775. The summed E-state index contributed by atoms with van der Waals surface area (Å²) in [5, 5.41) is 25.5. The van der Waals surface area contributed by atoms with Crippen molar-refractivity contribution in [1.29, 1.82) is 0 Å². The van der Waals surface area contributed by atoms with Gasteiger partial charge in [-0.1, -0.05) is 22.0 Å². The van der Waals surface area contributed by atoms with Crippen molar-refractivity contribution in [2.24, 2.45) is 5.41 Å². The molecule has 5 atom stereocenters. The number of carbonyl (C=O) groups is 1. The molecule has 1 spiro atoms. The summed E-state index contributed by atoms with van der Waals surface area (Å²) in [4.78, 5) is 18.6. The lowest BCUT2D eigenvalue weighted by Gasteiger charge is -2.60. The average molecular weight is 483 g/mol. The topological polar surface area (TPSA) is 88.6 Å². The van der Waals surface area contributed by atoms with Crippen LogP contribution in [0.25, 0.3) is 5.70 Å². The quantitative estimate of drug-likeness (QED) is 0.447. The first-order valence-electron chi connectivity index (χ1n) is 8.89. The van der Waals surface area contributed by atoms with E-state index >= 15 is 0 Å². The number of hydrogen-bond donors (Lipinski definition) is 4. The summed E-state index contributed by atoms with van der Waals surface area (Å²) in [6.45, 7) is 1.35. The molecule has 1 aromatic heterocycles. The molecule has 2 bridgehead atoms. The van der Waals surface area contributed by atoms with Crippen LogP contribution in [0.15, 0.2) is 20.7 Å². The van der Waals surface area contributed by atoms with Gasteiger partial charge >= 0.3 is 0 Å². The van der Waals surface area contributed by atoms with Gasteiger partial charge in [0.2, 0.25) is 5.78 Å². The molecule has 136 valence electrons. The standard InChI is InChI=1S/C18H17Br2N3O3/c19-7-5-18-2-3-21-11-9(18)12-8-6(17(20)22-10(8)15(11)25)1-4-23(12)13(14(7)24)16(18)26/h5,11,13-14,16,21-22,24,26H,1-4H2/t11-,13-,14+,16+,18-/m0/s1. The highest BCUT2D eigenvalue weighted by atomic mass is 79.9. The molecule has 1 fully saturated rings. The number of nitrogens with zero attached hydrogens (tertiary/aromatic N) is 1. The molecule has 4 heterocycles. The van der Waals surface area contributed by atoms with Gasteiger partial charge < -0.3 is 25.4 Å². The fraction of sp³-hybridized carbons (Fsp3) is 0.500. The number of aliphatic hydroxyl groups is 2. The highest BCUT2D eigenvalue weighted by Crippen LogP contribution is 2.59. The van der Waals surface area contributed by atoms with Crippen LogP contribution in [0.2, 0.25) is 0 Å². The molecular formula is C18H17Br2N3O3. The Kier molecular flexibility index (Phi) is 3.03. The van der Waals surface area contributed by atoms with E-state index in [-0.39, 0.29) is 5.78 Å². The van der Waals surface area contributed by atoms with E-state index in [0.717, 1.165) is 33.4 Å². The number of halogens is 2. The van der Waals surface area contributed by atoms with E-state index in [0.29, 0.717) is 29.7 Å². The Hall–Kier alpha value is -0.930. The van der Waals surface area contributed by atoms with Crippen molar-refractivity contribution in [3.05, 3.63) is 37.6 Å². The zero-order valence-corrected chi connectivity index (χ0v) is 16.9. The third-order valence-corrected chi connectivity index (χ3v) is 8.21. The van der Waals surface area contributed by atoms with Crippen LogP contribution < -0.4 is 5.32 Å². The molecule has 8 heteroatoms. The second-order valence-electron chi connectivity index (χ2n) is 7.82. The van der Waals surface area contributed by atoms with Crippen molar-refractivity contribution in [3.8, 4) is 0 Å². The molecule has 0 radical (unpaired) electrons. The summed E-state index contributed by atoms with van der Waals surface area (Å²) in [6.07, 6.45) is 1.92. The van der Waals surface area contributed by atoms with E-state index in [1.54, 1.807) is 0 Å². The number of nitrogens with one attached hydrogen (secondary N) is 2. The van der Waals surface area contributed by atoms with Gasteiger partial charge in [-0.2, -0.15) is 0 Å². The Balaban J connectivity index is 1.76. The molecule has 3 aliphatic heterocycles. The molecule has 0 amide bonds. The Labute approximate surface area is 166 Å².